The van der Waals surface area contributed by atoms with Gasteiger partial charge in [-0.05, 0) is 79.9 Å². The molecule has 5 aromatic rings. The van der Waals surface area contributed by atoms with Crippen LogP contribution in [0.1, 0.15) is 33.5 Å². The topological polar surface area (TPSA) is 107 Å². The van der Waals surface area contributed by atoms with Crippen molar-refractivity contribution in [2.45, 2.75) is 20.8 Å². The van der Waals surface area contributed by atoms with Crippen LogP contribution in [0.4, 0.5) is 0 Å². The highest BCUT2D eigenvalue weighted by atomic mass is 16.3. The van der Waals surface area contributed by atoms with E-state index < -0.39 is 0 Å². The Morgan fingerprint density at radius 3 is 2.08 bits per heavy atom. The number of hydrogen-bond acceptors (Lipinski definition) is 6. The van der Waals surface area contributed by atoms with Gasteiger partial charge in [0.15, 0.2) is 0 Å². The molecule has 4 aromatic carbocycles. The summed E-state index contributed by atoms with van der Waals surface area (Å²) in [4.78, 5) is 9.78. The Balaban J connectivity index is 1.86. The van der Waals surface area contributed by atoms with Crippen molar-refractivity contribution < 1.29 is 20.4 Å². The van der Waals surface area contributed by atoms with E-state index in [0.29, 0.717) is 50.2 Å². The molecule has 184 valence electrons. The number of phenolic OH excluding ortho intramolecular Hbond substituents is 4. The molecule has 37 heavy (non-hydrogen) atoms. The average molecular weight is 491 g/mol. The van der Waals surface area contributed by atoms with Crippen molar-refractivity contribution in [1.29, 1.82) is 0 Å². The SMILES string of the molecule is Cc1ccc2nc(-c3ccc(O)c(C)c3O)c(/C=C(/c3ccccc3)c3ccc(O)c(C)c3O)nc2c1. The maximum atomic E-state index is 11.0. The minimum Gasteiger partial charge on any atom is -0.508 e. The highest BCUT2D eigenvalue weighted by Crippen LogP contribution is 2.41. The smallest absolute Gasteiger partial charge is 0.131 e. The van der Waals surface area contributed by atoms with Crippen molar-refractivity contribution in [3.05, 3.63) is 106 Å². The first-order valence-electron chi connectivity index (χ1n) is 11.8. The van der Waals surface area contributed by atoms with E-state index in [0.717, 1.165) is 11.1 Å². The molecule has 1 heterocycles. The zero-order chi connectivity index (χ0) is 26.3. The van der Waals surface area contributed by atoms with Crippen LogP contribution in [0.25, 0.3) is 33.9 Å². The van der Waals surface area contributed by atoms with Crippen LogP contribution in [0.2, 0.25) is 0 Å². The zero-order valence-corrected chi connectivity index (χ0v) is 20.7. The summed E-state index contributed by atoms with van der Waals surface area (Å²) in [5.41, 5.74) is 6.42. The van der Waals surface area contributed by atoms with Gasteiger partial charge in [0, 0.05) is 22.3 Å². The number of nitrogens with zero attached hydrogens (tertiary/aromatic N) is 2. The Morgan fingerprint density at radius 2 is 1.35 bits per heavy atom. The molecule has 0 bridgehead atoms. The fourth-order valence-corrected chi connectivity index (χ4v) is 4.34. The first-order valence-corrected chi connectivity index (χ1v) is 11.8. The van der Waals surface area contributed by atoms with Gasteiger partial charge in [-0.25, -0.2) is 9.97 Å². The molecular formula is C31H26N2O4. The van der Waals surface area contributed by atoms with Gasteiger partial charge in [0.05, 0.1) is 16.7 Å². The standard InChI is InChI=1S/C31H26N2O4/c1-17-9-12-24-25(15-17)32-26(29(33-24)22-11-14-28(35)19(3)31(22)37)16-23(20-7-5-4-6-8-20)21-10-13-27(34)18(2)30(21)36/h4-16,34-37H,1-3H3/b23-16-. The molecule has 0 spiro atoms. The normalized spacial score (nSPS) is 11.7. The van der Waals surface area contributed by atoms with Gasteiger partial charge in [-0.2, -0.15) is 0 Å². The molecule has 0 atom stereocenters. The Morgan fingerprint density at radius 1 is 0.676 bits per heavy atom. The number of benzene rings is 4. The summed E-state index contributed by atoms with van der Waals surface area (Å²) >= 11 is 0. The van der Waals surface area contributed by atoms with Gasteiger partial charge >= 0.3 is 0 Å². The van der Waals surface area contributed by atoms with Crippen LogP contribution in [-0.2, 0) is 0 Å². The molecule has 0 aliphatic carbocycles. The largest absolute Gasteiger partial charge is 0.508 e. The molecule has 6 heteroatoms. The van der Waals surface area contributed by atoms with Crippen LogP contribution in [0.3, 0.4) is 0 Å². The predicted octanol–water partition coefficient (Wildman–Crippen LogP) is 6.63. The lowest BCUT2D eigenvalue weighted by Crippen LogP contribution is -1.98. The molecule has 0 fully saturated rings. The highest BCUT2D eigenvalue weighted by molar-refractivity contribution is 5.96. The van der Waals surface area contributed by atoms with Gasteiger partial charge < -0.3 is 20.4 Å². The van der Waals surface area contributed by atoms with Gasteiger partial charge in [0.2, 0.25) is 0 Å². The van der Waals surface area contributed by atoms with Gasteiger partial charge in [-0.15, -0.1) is 0 Å². The first kappa shape index (κ1) is 23.9. The minimum absolute atomic E-state index is 0.000173. The van der Waals surface area contributed by atoms with Crippen LogP contribution in [0.15, 0.2) is 72.8 Å². The van der Waals surface area contributed by atoms with Crippen LogP contribution in [0, 0.1) is 20.8 Å². The summed E-state index contributed by atoms with van der Waals surface area (Å²) in [7, 11) is 0. The summed E-state index contributed by atoms with van der Waals surface area (Å²) < 4.78 is 0. The number of aromatic hydroxyl groups is 4. The average Bonchev–Trinajstić information content (AvgIpc) is 2.90. The van der Waals surface area contributed by atoms with Gasteiger partial charge in [0.25, 0.3) is 0 Å². The van der Waals surface area contributed by atoms with Crippen LogP contribution in [-0.4, -0.2) is 30.4 Å². The fourth-order valence-electron chi connectivity index (χ4n) is 4.34. The molecule has 5 rings (SSSR count). The summed E-state index contributed by atoms with van der Waals surface area (Å²) in [6.07, 6.45) is 1.83. The van der Waals surface area contributed by atoms with E-state index in [1.807, 2.05) is 61.5 Å². The Hall–Kier alpha value is -4.84. The molecule has 4 N–H and O–H groups in total. The van der Waals surface area contributed by atoms with Crippen molar-refractivity contribution in [2.75, 3.05) is 0 Å². The van der Waals surface area contributed by atoms with E-state index in [2.05, 4.69) is 0 Å². The third-order valence-corrected chi connectivity index (χ3v) is 6.56. The van der Waals surface area contributed by atoms with Crippen molar-refractivity contribution in [3.63, 3.8) is 0 Å². The molecule has 0 aliphatic rings. The van der Waals surface area contributed by atoms with Gasteiger partial charge in [-0.3, -0.25) is 0 Å². The molecule has 0 aliphatic heterocycles. The number of rotatable bonds is 4. The fraction of sp³-hybridized carbons (Fsp3) is 0.0968. The lowest BCUT2D eigenvalue weighted by molar-refractivity contribution is 0.442. The summed E-state index contributed by atoms with van der Waals surface area (Å²) in [6, 6.07) is 21.7. The van der Waals surface area contributed by atoms with E-state index in [-0.39, 0.29) is 23.0 Å². The Labute approximate surface area is 214 Å². The minimum atomic E-state index is -0.0833. The highest BCUT2D eigenvalue weighted by Gasteiger charge is 2.19. The van der Waals surface area contributed by atoms with Gasteiger partial charge in [-0.1, -0.05) is 36.4 Å². The van der Waals surface area contributed by atoms with Crippen molar-refractivity contribution in [3.8, 4) is 34.3 Å². The number of hydrogen-bond donors (Lipinski definition) is 4. The Bertz CT molecular complexity index is 1690. The van der Waals surface area contributed by atoms with E-state index in [1.54, 1.807) is 32.0 Å². The third-order valence-electron chi connectivity index (χ3n) is 6.56. The monoisotopic (exact) mass is 490 g/mol. The number of aryl methyl sites for hydroxylation is 1. The summed E-state index contributed by atoms with van der Waals surface area (Å²) in [5.74, 6) is -0.137. The van der Waals surface area contributed by atoms with Gasteiger partial charge in [0.1, 0.15) is 28.7 Å². The second kappa shape index (κ2) is 9.32. The predicted molar refractivity (Wildman–Crippen MR) is 146 cm³/mol. The molecule has 1 aromatic heterocycles. The van der Waals surface area contributed by atoms with E-state index in [4.69, 9.17) is 9.97 Å². The van der Waals surface area contributed by atoms with E-state index in [1.165, 1.54) is 6.07 Å². The molecular weight excluding hydrogens is 464 g/mol. The molecule has 0 saturated heterocycles. The number of aromatic nitrogens is 2. The zero-order valence-electron chi connectivity index (χ0n) is 20.7. The lowest BCUT2D eigenvalue weighted by Gasteiger charge is -2.15. The van der Waals surface area contributed by atoms with Crippen molar-refractivity contribution in [2.24, 2.45) is 0 Å². The third kappa shape index (κ3) is 4.34. The number of fused-ring (bicyclic) bond motifs is 1. The van der Waals surface area contributed by atoms with E-state index in [9.17, 15) is 20.4 Å². The first-order chi connectivity index (χ1) is 17.7. The Kier molecular flexibility index (Phi) is 6.01. The lowest BCUT2D eigenvalue weighted by atomic mass is 9.93. The second-order valence-corrected chi connectivity index (χ2v) is 9.09. The number of phenols is 4. The van der Waals surface area contributed by atoms with E-state index >= 15 is 0 Å². The van der Waals surface area contributed by atoms with Crippen LogP contribution in [0.5, 0.6) is 23.0 Å². The summed E-state index contributed by atoms with van der Waals surface area (Å²) in [6.45, 7) is 5.26. The molecule has 0 saturated carbocycles. The van der Waals surface area contributed by atoms with Crippen molar-refractivity contribution >= 4 is 22.7 Å². The van der Waals surface area contributed by atoms with Crippen LogP contribution >= 0.6 is 0 Å². The molecule has 0 amide bonds. The van der Waals surface area contributed by atoms with Crippen LogP contribution < -0.4 is 0 Å². The maximum Gasteiger partial charge on any atom is 0.131 e. The molecule has 0 radical (unpaired) electrons. The maximum absolute atomic E-state index is 11.0. The molecule has 6 nitrogen and oxygen atoms in total. The van der Waals surface area contributed by atoms with Crippen molar-refractivity contribution in [1.82, 2.24) is 9.97 Å². The quantitative estimate of drug-likeness (QED) is 0.225. The summed E-state index contributed by atoms with van der Waals surface area (Å²) in [5, 5.41) is 42.2. The second-order valence-electron chi connectivity index (χ2n) is 9.09. The molecule has 0 unspecified atom stereocenters.